The van der Waals surface area contributed by atoms with E-state index < -0.39 is 30.1 Å². The summed E-state index contributed by atoms with van der Waals surface area (Å²) in [6.07, 6.45) is 3.72. The van der Waals surface area contributed by atoms with Crippen LogP contribution >= 0.6 is 0 Å². The second-order valence-electron chi connectivity index (χ2n) is 8.85. The summed E-state index contributed by atoms with van der Waals surface area (Å²) < 4.78 is 5.40. The summed E-state index contributed by atoms with van der Waals surface area (Å²) in [5, 5.41) is 12.3. The van der Waals surface area contributed by atoms with E-state index in [1.54, 1.807) is 24.5 Å². The molecular formula is C25H33N3O5. The number of carbonyl (C=O) groups excluding carboxylic acids is 2. The zero-order valence-electron chi connectivity index (χ0n) is 19.7. The van der Waals surface area contributed by atoms with Crippen molar-refractivity contribution in [1.82, 2.24) is 15.2 Å². The van der Waals surface area contributed by atoms with E-state index in [-0.39, 0.29) is 18.4 Å². The van der Waals surface area contributed by atoms with Gasteiger partial charge in [0.05, 0.1) is 0 Å². The Balaban J connectivity index is 2.15. The van der Waals surface area contributed by atoms with Gasteiger partial charge in [-0.2, -0.15) is 0 Å². The number of carboxylic acid groups (broad SMARTS) is 1. The molecular weight excluding hydrogens is 422 g/mol. The molecule has 2 amide bonds. The molecule has 0 fully saturated rings. The number of carbonyl (C=O) groups is 3. The molecule has 0 bridgehead atoms. The molecule has 8 heteroatoms. The normalized spacial score (nSPS) is 13.0. The summed E-state index contributed by atoms with van der Waals surface area (Å²) in [5.74, 6) is -1.69. The van der Waals surface area contributed by atoms with Crippen LogP contribution in [-0.2, 0) is 27.4 Å². The Labute approximate surface area is 195 Å². The Bertz CT molecular complexity index is 918. The SMILES string of the molecule is CCC(C)(C)C[C@H](C(=O)N[C@@H](Cc1cccnc1)C(=O)O)N(C)C(=O)OCc1ccccc1. The van der Waals surface area contributed by atoms with Gasteiger partial charge in [0, 0.05) is 25.9 Å². The molecule has 1 aromatic carbocycles. The highest BCUT2D eigenvalue weighted by Crippen LogP contribution is 2.28. The molecule has 0 unspecified atom stereocenters. The van der Waals surface area contributed by atoms with Crippen molar-refractivity contribution in [2.24, 2.45) is 5.41 Å². The molecule has 2 atom stereocenters. The van der Waals surface area contributed by atoms with Gasteiger partial charge in [-0.25, -0.2) is 9.59 Å². The fourth-order valence-electron chi connectivity index (χ4n) is 3.24. The van der Waals surface area contributed by atoms with Crippen LogP contribution in [0.5, 0.6) is 0 Å². The topological polar surface area (TPSA) is 109 Å². The van der Waals surface area contributed by atoms with Gasteiger partial charge in [0.25, 0.3) is 0 Å². The van der Waals surface area contributed by atoms with Crippen LogP contribution in [-0.4, -0.2) is 52.1 Å². The van der Waals surface area contributed by atoms with Crippen molar-refractivity contribution in [2.75, 3.05) is 7.05 Å². The largest absolute Gasteiger partial charge is 0.480 e. The quantitative estimate of drug-likeness (QED) is 0.535. The highest BCUT2D eigenvalue weighted by atomic mass is 16.6. The van der Waals surface area contributed by atoms with Gasteiger partial charge >= 0.3 is 12.1 Å². The van der Waals surface area contributed by atoms with Gasteiger partial charge in [-0.05, 0) is 29.0 Å². The molecule has 1 aromatic heterocycles. The lowest BCUT2D eigenvalue weighted by Crippen LogP contribution is -2.54. The minimum Gasteiger partial charge on any atom is -0.480 e. The van der Waals surface area contributed by atoms with Crippen LogP contribution in [0.1, 0.15) is 44.7 Å². The zero-order chi connectivity index (χ0) is 24.4. The number of pyridine rings is 1. The third-order valence-corrected chi connectivity index (χ3v) is 5.74. The first kappa shape index (κ1) is 25.8. The van der Waals surface area contributed by atoms with E-state index in [0.29, 0.717) is 12.0 Å². The number of carboxylic acids is 1. The molecule has 2 rings (SSSR count). The van der Waals surface area contributed by atoms with E-state index in [1.165, 1.54) is 11.9 Å². The predicted octanol–water partition coefficient (Wildman–Crippen LogP) is 3.66. The van der Waals surface area contributed by atoms with Crippen molar-refractivity contribution in [1.29, 1.82) is 0 Å². The minimum absolute atomic E-state index is 0.0777. The first-order chi connectivity index (χ1) is 15.6. The molecule has 0 saturated heterocycles. The van der Waals surface area contributed by atoms with Crippen molar-refractivity contribution in [2.45, 2.75) is 58.7 Å². The first-order valence-corrected chi connectivity index (χ1v) is 11.0. The number of likely N-dealkylation sites (N-methyl/N-ethyl adjacent to an activating group) is 1. The van der Waals surface area contributed by atoms with Crippen LogP contribution in [0.4, 0.5) is 4.79 Å². The lowest BCUT2D eigenvalue weighted by Gasteiger charge is -2.33. The second kappa shape index (κ2) is 12.0. The summed E-state index contributed by atoms with van der Waals surface area (Å²) in [5.41, 5.74) is 1.26. The monoisotopic (exact) mass is 455 g/mol. The number of nitrogens with one attached hydrogen (secondary N) is 1. The lowest BCUT2D eigenvalue weighted by atomic mass is 9.82. The van der Waals surface area contributed by atoms with Crippen molar-refractivity contribution in [3.63, 3.8) is 0 Å². The van der Waals surface area contributed by atoms with E-state index in [4.69, 9.17) is 4.74 Å². The molecule has 8 nitrogen and oxygen atoms in total. The van der Waals surface area contributed by atoms with Crippen LogP contribution in [0.25, 0.3) is 0 Å². The Kier molecular flexibility index (Phi) is 9.39. The van der Waals surface area contributed by atoms with Gasteiger partial charge in [-0.3, -0.25) is 14.7 Å². The van der Waals surface area contributed by atoms with Gasteiger partial charge in [0.15, 0.2) is 0 Å². The van der Waals surface area contributed by atoms with Crippen molar-refractivity contribution in [3.05, 3.63) is 66.0 Å². The molecule has 0 aliphatic carbocycles. The van der Waals surface area contributed by atoms with Crippen LogP contribution in [0.2, 0.25) is 0 Å². The maximum absolute atomic E-state index is 13.2. The minimum atomic E-state index is -1.16. The van der Waals surface area contributed by atoms with Gasteiger partial charge < -0.3 is 15.2 Å². The number of rotatable bonds is 11. The molecule has 178 valence electrons. The van der Waals surface area contributed by atoms with Crippen LogP contribution in [0.3, 0.4) is 0 Å². The number of nitrogens with zero attached hydrogens (tertiary/aromatic N) is 2. The average molecular weight is 456 g/mol. The Morgan fingerprint density at radius 2 is 1.79 bits per heavy atom. The van der Waals surface area contributed by atoms with E-state index in [1.807, 2.05) is 51.1 Å². The smallest absolute Gasteiger partial charge is 0.410 e. The lowest BCUT2D eigenvalue weighted by molar-refractivity contribution is -0.142. The fraction of sp³-hybridized carbons (Fsp3) is 0.440. The molecule has 0 aliphatic heterocycles. The molecule has 33 heavy (non-hydrogen) atoms. The molecule has 2 aromatic rings. The summed E-state index contributed by atoms with van der Waals surface area (Å²) in [6, 6.07) is 10.7. The number of ether oxygens (including phenoxy) is 1. The maximum atomic E-state index is 13.2. The average Bonchev–Trinajstić information content (AvgIpc) is 2.81. The van der Waals surface area contributed by atoms with Crippen LogP contribution < -0.4 is 5.32 Å². The highest BCUT2D eigenvalue weighted by molar-refractivity contribution is 5.89. The Morgan fingerprint density at radius 3 is 2.36 bits per heavy atom. The predicted molar refractivity (Wildman–Crippen MR) is 124 cm³/mol. The second-order valence-corrected chi connectivity index (χ2v) is 8.85. The maximum Gasteiger partial charge on any atom is 0.410 e. The first-order valence-electron chi connectivity index (χ1n) is 11.0. The number of aromatic nitrogens is 1. The van der Waals surface area contributed by atoms with Crippen molar-refractivity contribution in [3.8, 4) is 0 Å². The summed E-state index contributed by atoms with van der Waals surface area (Å²) in [7, 11) is 1.50. The molecule has 0 aliphatic rings. The molecule has 0 saturated carbocycles. The van der Waals surface area contributed by atoms with Gasteiger partial charge in [0.2, 0.25) is 5.91 Å². The van der Waals surface area contributed by atoms with Crippen LogP contribution in [0, 0.1) is 5.41 Å². The van der Waals surface area contributed by atoms with Gasteiger partial charge in [-0.15, -0.1) is 0 Å². The van der Waals surface area contributed by atoms with E-state index in [9.17, 15) is 19.5 Å². The summed E-state index contributed by atoms with van der Waals surface area (Å²) >= 11 is 0. The third-order valence-electron chi connectivity index (χ3n) is 5.74. The standard InChI is InChI=1S/C25H33N3O5/c1-5-25(2,3)15-21(28(4)24(32)33-17-18-10-7-6-8-11-18)22(29)27-20(23(30)31)14-19-12-9-13-26-16-19/h6-13,16,20-21H,5,14-15,17H2,1-4H3,(H,27,29)(H,30,31)/t20-,21+/m0/s1. The van der Waals surface area contributed by atoms with E-state index in [0.717, 1.165) is 12.0 Å². The van der Waals surface area contributed by atoms with Crippen molar-refractivity contribution < 1.29 is 24.2 Å². The van der Waals surface area contributed by atoms with E-state index >= 15 is 0 Å². The summed E-state index contributed by atoms with van der Waals surface area (Å²) in [4.78, 5) is 43.0. The fourth-order valence-corrected chi connectivity index (χ4v) is 3.24. The summed E-state index contributed by atoms with van der Waals surface area (Å²) in [6.45, 7) is 6.08. The molecule has 0 spiro atoms. The van der Waals surface area contributed by atoms with E-state index in [2.05, 4.69) is 10.3 Å². The number of aliphatic carboxylic acids is 1. The van der Waals surface area contributed by atoms with Crippen LogP contribution in [0.15, 0.2) is 54.9 Å². The molecule has 2 N–H and O–H groups in total. The van der Waals surface area contributed by atoms with Gasteiger partial charge in [0.1, 0.15) is 18.7 Å². The number of amides is 2. The molecule has 0 radical (unpaired) electrons. The highest BCUT2D eigenvalue weighted by Gasteiger charge is 2.35. The Hall–Kier alpha value is -3.42. The number of benzene rings is 1. The Morgan fingerprint density at radius 1 is 1.12 bits per heavy atom. The van der Waals surface area contributed by atoms with Crippen molar-refractivity contribution >= 4 is 18.0 Å². The number of hydrogen-bond donors (Lipinski definition) is 2. The third kappa shape index (κ3) is 8.21. The number of hydrogen-bond acceptors (Lipinski definition) is 5. The zero-order valence-corrected chi connectivity index (χ0v) is 19.7. The van der Waals surface area contributed by atoms with Gasteiger partial charge in [-0.1, -0.05) is 63.6 Å². The molecule has 1 heterocycles.